The first-order valence-corrected chi connectivity index (χ1v) is 8.73. The number of benzene rings is 1. The van der Waals surface area contributed by atoms with Gasteiger partial charge in [0.05, 0.1) is 11.5 Å². The summed E-state index contributed by atoms with van der Waals surface area (Å²) in [6, 6.07) is 6.03. The molecular formula is C15H18N2O4S. The van der Waals surface area contributed by atoms with Gasteiger partial charge in [-0.3, -0.25) is 4.79 Å². The van der Waals surface area contributed by atoms with Crippen molar-refractivity contribution in [1.29, 1.82) is 0 Å². The number of H-pyrrole nitrogens is 1. The maximum absolute atomic E-state index is 12.8. The molecule has 1 aromatic carbocycles. The molecule has 22 heavy (non-hydrogen) atoms. The number of nitrogens with zero attached hydrogens (tertiary/aromatic N) is 1. The Hall–Kier alpha value is -1.86. The number of esters is 1. The topological polar surface area (TPSA) is 79.5 Å². The Morgan fingerprint density at radius 1 is 1.41 bits per heavy atom. The molecule has 7 heteroatoms. The fraction of sp³-hybridized carbons (Fsp3) is 0.400. The van der Waals surface area contributed by atoms with Crippen molar-refractivity contribution in [3.63, 3.8) is 0 Å². The molecule has 0 radical (unpaired) electrons. The monoisotopic (exact) mass is 322 g/mol. The van der Waals surface area contributed by atoms with Crippen LogP contribution in [-0.2, 0) is 19.6 Å². The van der Waals surface area contributed by atoms with E-state index in [2.05, 4.69) is 4.98 Å². The van der Waals surface area contributed by atoms with Gasteiger partial charge in [0.1, 0.15) is 6.04 Å². The standard InChI is InChI=1S/C15H18N2O4S/c1-2-21-15(18)14-4-3-9-17(14)22(19,20)12-5-6-13-11(10-12)7-8-16-13/h5-8,10,14,16H,2-4,9H2,1H3. The first kappa shape index (κ1) is 15.1. The van der Waals surface area contributed by atoms with Crippen LogP contribution in [0.2, 0.25) is 0 Å². The largest absolute Gasteiger partial charge is 0.465 e. The van der Waals surface area contributed by atoms with Gasteiger partial charge in [-0.2, -0.15) is 4.31 Å². The molecule has 0 spiro atoms. The molecular weight excluding hydrogens is 304 g/mol. The molecule has 0 bridgehead atoms. The molecule has 1 aromatic heterocycles. The fourth-order valence-corrected chi connectivity index (χ4v) is 4.51. The molecule has 1 fully saturated rings. The predicted octanol–water partition coefficient (Wildman–Crippen LogP) is 1.88. The van der Waals surface area contributed by atoms with Crippen LogP contribution in [0.1, 0.15) is 19.8 Å². The van der Waals surface area contributed by atoms with Crippen LogP contribution in [-0.4, -0.2) is 42.9 Å². The SMILES string of the molecule is CCOC(=O)C1CCCN1S(=O)(=O)c1ccc2[nH]ccc2c1. The van der Waals surface area contributed by atoms with Crippen LogP contribution in [0, 0.1) is 0 Å². The van der Waals surface area contributed by atoms with Crippen LogP contribution in [0.3, 0.4) is 0 Å². The van der Waals surface area contributed by atoms with Crippen LogP contribution < -0.4 is 0 Å². The van der Waals surface area contributed by atoms with Gasteiger partial charge in [-0.15, -0.1) is 0 Å². The first-order valence-electron chi connectivity index (χ1n) is 7.29. The number of hydrogen-bond acceptors (Lipinski definition) is 4. The number of rotatable bonds is 4. The third kappa shape index (κ3) is 2.50. The predicted molar refractivity (Wildman–Crippen MR) is 81.8 cm³/mol. The van der Waals surface area contributed by atoms with Gasteiger partial charge in [-0.1, -0.05) is 0 Å². The second-order valence-electron chi connectivity index (χ2n) is 5.25. The lowest BCUT2D eigenvalue weighted by molar-refractivity contribution is -0.146. The molecule has 6 nitrogen and oxygen atoms in total. The Kier molecular flexibility index (Phi) is 3.92. The number of carbonyl (C=O) groups excluding carboxylic acids is 1. The zero-order valence-corrected chi connectivity index (χ0v) is 13.1. The van der Waals surface area contributed by atoms with Crippen molar-refractivity contribution in [2.45, 2.75) is 30.7 Å². The summed E-state index contributed by atoms with van der Waals surface area (Å²) in [4.78, 5) is 15.2. The van der Waals surface area contributed by atoms with E-state index < -0.39 is 22.0 Å². The van der Waals surface area contributed by atoms with E-state index in [1.807, 2.05) is 6.07 Å². The molecule has 2 aromatic rings. The van der Waals surface area contributed by atoms with Crippen molar-refractivity contribution >= 4 is 26.9 Å². The van der Waals surface area contributed by atoms with Gasteiger partial charge >= 0.3 is 5.97 Å². The number of fused-ring (bicyclic) bond motifs is 1. The molecule has 3 rings (SSSR count). The highest BCUT2D eigenvalue weighted by atomic mass is 32.2. The molecule has 1 aliphatic heterocycles. The summed E-state index contributed by atoms with van der Waals surface area (Å²) in [5.74, 6) is -0.466. The first-order chi connectivity index (χ1) is 10.5. The average molecular weight is 322 g/mol. The molecule has 1 aliphatic rings. The Labute approximate surface area is 129 Å². The van der Waals surface area contributed by atoms with E-state index in [0.29, 0.717) is 19.4 Å². The number of carbonyl (C=O) groups is 1. The van der Waals surface area contributed by atoms with E-state index >= 15 is 0 Å². The number of sulfonamides is 1. The molecule has 1 atom stereocenters. The normalized spacial score (nSPS) is 19.6. The van der Waals surface area contributed by atoms with Crippen LogP contribution >= 0.6 is 0 Å². The number of aromatic nitrogens is 1. The van der Waals surface area contributed by atoms with Crippen LogP contribution in [0.4, 0.5) is 0 Å². The van der Waals surface area contributed by atoms with Gasteiger partial charge in [0.15, 0.2) is 0 Å². The summed E-state index contributed by atoms with van der Waals surface area (Å²) in [7, 11) is -3.70. The van der Waals surface area contributed by atoms with Crippen molar-refractivity contribution in [1.82, 2.24) is 9.29 Å². The van der Waals surface area contributed by atoms with Crippen molar-refractivity contribution in [2.24, 2.45) is 0 Å². The molecule has 1 N–H and O–H groups in total. The molecule has 0 saturated carbocycles. The molecule has 1 saturated heterocycles. The maximum atomic E-state index is 12.8. The molecule has 2 heterocycles. The molecule has 0 aliphatic carbocycles. The second kappa shape index (κ2) is 5.73. The van der Waals surface area contributed by atoms with Crippen LogP contribution in [0.15, 0.2) is 35.4 Å². The van der Waals surface area contributed by atoms with Gasteiger partial charge < -0.3 is 9.72 Å². The molecule has 1 unspecified atom stereocenters. The van der Waals surface area contributed by atoms with Crippen molar-refractivity contribution in [2.75, 3.05) is 13.2 Å². The third-order valence-corrected chi connectivity index (χ3v) is 5.80. The summed E-state index contributed by atoms with van der Waals surface area (Å²) < 4.78 is 31.9. The highest BCUT2D eigenvalue weighted by molar-refractivity contribution is 7.89. The Morgan fingerprint density at radius 3 is 3.00 bits per heavy atom. The number of ether oxygens (including phenoxy) is 1. The minimum absolute atomic E-state index is 0.204. The minimum Gasteiger partial charge on any atom is -0.465 e. The second-order valence-corrected chi connectivity index (χ2v) is 7.14. The molecule has 0 amide bonds. The summed E-state index contributed by atoms with van der Waals surface area (Å²) in [5, 5.41) is 0.827. The fourth-order valence-electron chi connectivity index (χ4n) is 2.83. The zero-order valence-electron chi connectivity index (χ0n) is 12.3. The number of nitrogens with one attached hydrogen (secondary N) is 1. The van der Waals surface area contributed by atoms with Gasteiger partial charge in [-0.25, -0.2) is 8.42 Å². The van der Waals surface area contributed by atoms with E-state index in [1.54, 1.807) is 31.3 Å². The van der Waals surface area contributed by atoms with E-state index in [4.69, 9.17) is 4.74 Å². The van der Waals surface area contributed by atoms with Crippen LogP contribution in [0.5, 0.6) is 0 Å². The lowest BCUT2D eigenvalue weighted by atomic mass is 10.2. The lowest BCUT2D eigenvalue weighted by Gasteiger charge is -2.22. The van der Waals surface area contributed by atoms with Gasteiger partial charge in [0, 0.05) is 23.6 Å². The number of aromatic amines is 1. The molecule has 118 valence electrons. The zero-order chi connectivity index (χ0) is 15.7. The van der Waals surface area contributed by atoms with E-state index in [0.717, 1.165) is 10.9 Å². The van der Waals surface area contributed by atoms with E-state index in [9.17, 15) is 13.2 Å². The van der Waals surface area contributed by atoms with Gasteiger partial charge in [-0.05, 0) is 44.0 Å². The van der Waals surface area contributed by atoms with Crippen LogP contribution in [0.25, 0.3) is 10.9 Å². The Morgan fingerprint density at radius 2 is 2.23 bits per heavy atom. The third-order valence-electron chi connectivity index (χ3n) is 3.89. The summed E-state index contributed by atoms with van der Waals surface area (Å²) >= 11 is 0. The van der Waals surface area contributed by atoms with Crippen molar-refractivity contribution in [3.05, 3.63) is 30.5 Å². The summed E-state index contributed by atoms with van der Waals surface area (Å²) in [6.45, 7) is 2.31. The van der Waals surface area contributed by atoms with Gasteiger partial charge in [0.25, 0.3) is 0 Å². The Bertz CT molecular complexity index is 797. The number of hydrogen-bond donors (Lipinski definition) is 1. The highest BCUT2D eigenvalue weighted by Crippen LogP contribution is 2.28. The van der Waals surface area contributed by atoms with E-state index in [-0.39, 0.29) is 11.5 Å². The lowest BCUT2D eigenvalue weighted by Crippen LogP contribution is -2.41. The summed E-state index contributed by atoms with van der Waals surface area (Å²) in [6.07, 6.45) is 2.93. The highest BCUT2D eigenvalue weighted by Gasteiger charge is 2.40. The van der Waals surface area contributed by atoms with Crippen molar-refractivity contribution < 1.29 is 17.9 Å². The average Bonchev–Trinajstić information content (AvgIpc) is 3.16. The van der Waals surface area contributed by atoms with Crippen molar-refractivity contribution in [3.8, 4) is 0 Å². The Balaban J connectivity index is 1.95. The van der Waals surface area contributed by atoms with Gasteiger partial charge in [0.2, 0.25) is 10.0 Å². The minimum atomic E-state index is -3.70. The van der Waals surface area contributed by atoms with E-state index in [1.165, 1.54) is 4.31 Å². The maximum Gasteiger partial charge on any atom is 0.324 e. The quantitative estimate of drug-likeness (QED) is 0.872. The summed E-state index contributed by atoms with van der Waals surface area (Å²) in [5.41, 5.74) is 0.877. The smallest absolute Gasteiger partial charge is 0.324 e.